The van der Waals surface area contributed by atoms with Crippen LogP contribution in [0.15, 0.2) is 23.1 Å². The van der Waals surface area contributed by atoms with E-state index < -0.39 is 15.8 Å². The molecule has 6 heteroatoms. The molecule has 0 aliphatic carbocycles. The first-order chi connectivity index (χ1) is 9.88. The van der Waals surface area contributed by atoms with Gasteiger partial charge in [-0.2, -0.15) is 4.31 Å². The topological polar surface area (TPSA) is 57.6 Å². The first-order valence-corrected chi connectivity index (χ1v) is 8.72. The molecule has 4 nitrogen and oxygen atoms in total. The van der Waals surface area contributed by atoms with Crippen molar-refractivity contribution in [2.24, 2.45) is 5.41 Å². The van der Waals surface area contributed by atoms with Gasteiger partial charge in [-0.15, -0.1) is 0 Å². The number of aliphatic hydroxyl groups is 1. The molecule has 0 aromatic heterocycles. The number of hydrogen-bond donors (Lipinski definition) is 1. The Balaban J connectivity index is 2.31. The van der Waals surface area contributed by atoms with Crippen molar-refractivity contribution in [2.75, 3.05) is 13.1 Å². The fourth-order valence-electron chi connectivity index (χ4n) is 2.92. The van der Waals surface area contributed by atoms with Crippen LogP contribution in [0, 0.1) is 11.2 Å². The van der Waals surface area contributed by atoms with Crippen LogP contribution in [0.3, 0.4) is 0 Å². The molecule has 1 aliphatic rings. The number of aliphatic hydroxyl groups excluding tert-OH is 1. The Morgan fingerprint density at radius 2 is 2.00 bits per heavy atom. The molecule has 1 saturated heterocycles. The van der Waals surface area contributed by atoms with Crippen molar-refractivity contribution >= 4 is 10.0 Å². The SMILES string of the molecule is CCC1(CC)CCN(S(=O)(=O)c2ccc(CO)cc2F)C1. The summed E-state index contributed by atoms with van der Waals surface area (Å²) >= 11 is 0. The van der Waals surface area contributed by atoms with Crippen molar-refractivity contribution in [1.82, 2.24) is 4.31 Å². The monoisotopic (exact) mass is 315 g/mol. The predicted octanol–water partition coefficient (Wildman–Crippen LogP) is 2.52. The van der Waals surface area contributed by atoms with E-state index in [-0.39, 0.29) is 16.9 Å². The van der Waals surface area contributed by atoms with Gasteiger partial charge in [-0.25, -0.2) is 12.8 Å². The number of nitrogens with zero attached hydrogens (tertiary/aromatic N) is 1. The maximum Gasteiger partial charge on any atom is 0.246 e. The lowest BCUT2D eigenvalue weighted by atomic mass is 9.82. The van der Waals surface area contributed by atoms with Crippen LogP contribution in [-0.2, 0) is 16.6 Å². The Hall–Kier alpha value is -0.980. The highest BCUT2D eigenvalue weighted by atomic mass is 32.2. The Morgan fingerprint density at radius 3 is 2.48 bits per heavy atom. The second-order valence-corrected chi connectivity index (χ2v) is 7.62. The lowest BCUT2D eigenvalue weighted by molar-refractivity contribution is 0.279. The van der Waals surface area contributed by atoms with Crippen LogP contribution in [0.4, 0.5) is 4.39 Å². The molecule has 0 amide bonds. The molecule has 1 aromatic rings. The summed E-state index contributed by atoms with van der Waals surface area (Å²) in [6, 6.07) is 3.77. The summed E-state index contributed by atoms with van der Waals surface area (Å²) in [5.41, 5.74) is 0.374. The smallest absolute Gasteiger partial charge is 0.246 e. The van der Waals surface area contributed by atoms with Crippen molar-refractivity contribution < 1.29 is 17.9 Å². The summed E-state index contributed by atoms with van der Waals surface area (Å²) in [6.45, 7) is 4.71. The zero-order chi connectivity index (χ0) is 15.7. The Kier molecular flexibility index (Phi) is 4.70. The minimum absolute atomic E-state index is 0.00852. The number of halogens is 1. The molecule has 1 heterocycles. The number of benzene rings is 1. The van der Waals surface area contributed by atoms with Gasteiger partial charge in [0, 0.05) is 13.1 Å². The largest absolute Gasteiger partial charge is 0.392 e. The van der Waals surface area contributed by atoms with E-state index in [0.717, 1.165) is 25.3 Å². The summed E-state index contributed by atoms with van der Waals surface area (Å²) < 4.78 is 40.6. The maximum atomic E-state index is 14.0. The van der Waals surface area contributed by atoms with Crippen molar-refractivity contribution in [2.45, 2.75) is 44.6 Å². The van der Waals surface area contributed by atoms with E-state index in [0.29, 0.717) is 18.7 Å². The minimum Gasteiger partial charge on any atom is -0.392 e. The quantitative estimate of drug-likeness (QED) is 0.908. The molecule has 0 spiro atoms. The van der Waals surface area contributed by atoms with Gasteiger partial charge in [0.25, 0.3) is 0 Å². The Labute approximate surface area is 125 Å². The van der Waals surface area contributed by atoms with Crippen LogP contribution in [0.2, 0.25) is 0 Å². The van der Waals surface area contributed by atoms with Gasteiger partial charge in [-0.1, -0.05) is 19.9 Å². The van der Waals surface area contributed by atoms with Gasteiger partial charge < -0.3 is 5.11 Å². The fraction of sp³-hybridized carbons (Fsp3) is 0.600. The highest BCUT2D eigenvalue weighted by Gasteiger charge is 2.41. The van der Waals surface area contributed by atoms with Gasteiger partial charge >= 0.3 is 0 Å². The van der Waals surface area contributed by atoms with E-state index in [4.69, 9.17) is 5.11 Å². The van der Waals surface area contributed by atoms with Crippen LogP contribution in [0.5, 0.6) is 0 Å². The zero-order valence-electron chi connectivity index (χ0n) is 12.5. The maximum absolute atomic E-state index is 14.0. The molecule has 0 radical (unpaired) electrons. The molecule has 1 aromatic carbocycles. The number of hydrogen-bond acceptors (Lipinski definition) is 3. The van der Waals surface area contributed by atoms with Crippen LogP contribution in [0.25, 0.3) is 0 Å². The number of rotatable bonds is 5. The molecule has 0 atom stereocenters. The van der Waals surface area contributed by atoms with Gasteiger partial charge in [-0.3, -0.25) is 0 Å². The van der Waals surface area contributed by atoms with Crippen molar-refractivity contribution in [1.29, 1.82) is 0 Å². The molecule has 1 aliphatic heterocycles. The summed E-state index contributed by atoms with van der Waals surface area (Å²) in [5.74, 6) is -0.799. The van der Waals surface area contributed by atoms with Crippen molar-refractivity contribution in [3.8, 4) is 0 Å². The standard InChI is InChI=1S/C15H22FNO3S/c1-3-15(4-2)7-8-17(11-15)21(19,20)14-6-5-12(10-18)9-13(14)16/h5-6,9,18H,3-4,7-8,10-11H2,1-2H3. The Morgan fingerprint density at radius 1 is 1.33 bits per heavy atom. The van der Waals surface area contributed by atoms with Crippen LogP contribution < -0.4 is 0 Å². The van der Waals surface area contributed by atoms with E-state index >= 15 is 0 Å². The molecule has 1 fully saturated rings. The van der Waals surface area contributed by atoms with Gasteiger partial charge in [0.1, 0.15) is 10.7 Å². The van der Waals surface area contributed by atoms with Crippen LogP contribution in [0.1, 0.15) is 38.7 Å². The average molecular weight is 315 g/mol. The van der Waals surface area contributed by atoms with Gasteiger partial charge in [0.15, 0.2) is 0 Å². The molecule has 0 unspecified atom stereocenters. The van der Waals surface area contributed by atoms with E-state index in [1.807, 2.05) is 0 Å². The predicted molar refractivity (Wildman–Crippen MR) is 78.7 cm³/mol. The highest BCUT2D eigenvalue weighted by Crippen LogP contribution is 2.39. The van der Waals surface area contributed by atoms with Crippen LogP contribution >= 0.6 is 0 Å². The second-order valence-electron chi connectivity index (χ2n) is 5.72. The summed E-state index contributed by atoms with van der Waals surface area (Å²) in [6.07, 6.45) is 2.65. The van der Waals surface area contributed by atoms with Crippen LogP contribution in [-0.4, -0.2) is 30.9 Å². The van der Waals surface area contributed by atoms with E-state index in [2.05, 4.69) is 13.8 Å². The molecular weight excluding hydrogens is 293 g/mol. The zero-order valence-corrected chi connectivity index (χ0v) is 13.3. The Bertz CT molecular complexity index is 611. The molecule has 2 rings (SSSR count). The van der Waals surface area contributed by atoms with Gasteiger partial charge in [0.05, 0.1) is 6.61 Å². The third-order valence-electron chi connectivity index (χ3n) is 4.70. The normalized spacial score (nSPS) is 19.0. The molecule has 0 bridgehead atoms. The second kappa shape index (κ2) is 6.02. The van der Waals surface area contributed by atoms with Gasteiger partial charge in [0.2, 0.25) is 10.0 Å². The summed E-state index contributed by atoms with van der Waals surface area (Å²) in [7, 11) is -3.81. The molecule has 21 heavy (non-hydrogen) atoms. The lowest BCUT2D eigenvalue weighted by Gasteiger charge is -2.26. The third-order valence-corrected chi connectivity index (χ3v) is 6.58. The van der Waals surface area contributed by atoms with Crippen molar-refractivity contribution in [3.63, 3.8) is 0 Å². The van der Waals surface area contributed by atoms with E-state index in [1.165, 1.54) is 16.4 Å². The average Bonchev–Trinajstić information content (AvgIpc) is 2.92. The molecule has 118 valence electrons. The summed E-state index contributed by atoms with van der Waals surface area (Å²) in [5, 5.41) is 8.97. The first kappa shape index (κ1) is 16.4. The fourth-order valence-corrected chi connectivity index (χ4v) is 4.52. The minimum atomic E-state index is -3.81. The van der Waals surface area contributed by atoms with E-state index in [9.17, 15) is 12.8 Å². The molecule has 0 saturated carbocycles. The summed E-state index contributed by atoms with van der Waals surface area (Å²) in [4.78, 5) is -0.303. The van der Waals surface area contributed by atoms with Gasteiger partial charge in [-0.05, 0) is 42.4 Å². The van der Waals surface area contributed by atoms with Crippen molar-refractivity contribution in [3.05, 3.63) is 29.6 Å². The number of sulfonamides is 1. The lowest BCUT2D eigenvalue weighted by Crippen LogP contribution is -2.32. The third kappa shape index (κ3) is 2.98. The highest BCUT2D eigenvalue weighted by molar-refractivity contribution is 7.89. The molecule has 1 N–H and O–H groups in total. The van der Waals surface area contributed by atoms with E-state index in [1.54, 1.807) is 0 Å². The molecular formula is C15H22FNO3S. The first-order valence-electron chi connectivity index (χ1n) is 7.28.